The summed E-state index contributed by atoms with van der Waals surface area (Å²) in [5, 5.41) is 2.42. The molecule has 1 heterocycles. The van der Waals surface area contributed by atoms with Crippen molar-refractivity contribution in [3.63, 3.8) is 0 Å². The van der Waals surface area contributed by atoms with Crippen molar-refractivity contribution >= 4 is 17.3 Å². The summed E-state index contributed by atoms with van der Waals surface area (Å²) >= 11 is 0. The van der Waals surface area contributed by atoms with Gasteiger partial charge in [-0.2, -0.15) is 26.3 Å². The first kappa shape index (κ1) is 29.0. The van der Waals surface area contributed by atoms with E-state index in [-0.39, 0.29) is 35.7 Å². The zero-order chi connectivity index (χ0) is 28.1. The van der Waals surface area contributed by atoms with Gasteiger partial charge in [-0.1, -0.05) is 6.08 Å². The number of rotatable bonds is 8. The predicted octanol–water partition coefficient (Wildman–Crippen LogP) is 7.01. The molecule has 0 bridgehead atoms. The van der Waals surface area contributed by atoms with E-state index in [1.165, 1.54) is 24.3 Å². The Kier molecular flexibility index (Phi) is 8.72. The molecule has 38 heavy (non-hydrogen) atoms. The first-order chi connectivity index (χ1) is 17.6. The van der Waals surface area contributed by atoms with Crippen LogP contribution in [0, 0.1) is 0 Å². The molecule has 1 N–H and O–H groups in total. The van der Waals surface area contributed by atoms with Crippen molar-refractivity contribution in [1.29, 1.82) is 0 Å². The number of halogens is 9. The minimum Gasteiger partial charge on any atom is -0.494 e. The standard InChI is InChI=1S/C24H21F9N2O3/c25-22(26,27)12-1-13-37-18-9-5-17(6-10-18)35-14-15(2-11-20(35)23(28,29)30)21(36)34-16-3-7-19(8-4-16)38-24(31,32)33/h2-10,20H,1,11-14H2,(H,34,36). The van der Waals surface area contributed by atoms with Gasteiger partial charge in [0, 0.05) is 29.9 Å². The van der Waals surface area contributed by atoms with Gasteiger partial charge in [-0.3, -0.25) is 4.79 Å². The van der Waals surface area contributed by atoms with E-state index in [0.717, 1.165) is 35.2 Å². The summed E-state index contributed by atoms with van der Waals surface area (Å²) in [4.78, 5) is 13.6. The highest BCUT2D eigenvalue weighted by Crippen LogP contribution is 2.35. The molecule has 0 radical (unpaired) electrons. The highest BCUT2D eigenvalue weighted by atomic mass is 19.4. The fourth-order valence-electron chi connectivity index (χ4n) is 3.63. The van der Waals surface area contributed by atoms with Crippen LogP contribution >= 0.6 is 0 Å². The number of nitrogens with one attached hydrogen (secondary N) is 1. The quantitative estimate of drug-likeness (QED) is 0.281. The Balaban J connectivity index is 1.67. The summed E-state index contributed by atoms with van der Waals surface area (Å²) in [6.07, 6.45) is -14.6. The molecule has 14 heteroatoms. The summed E-state index contributed by atoms with van der Waals surface area (Å²) in [6.45, 7) is -0.665. The zero-order valence-corrected chi connectivity index (χ0v) is 19.4. The molecule has 0 saturated carbocycles. The molecule has 2 aromatic rings. The van der Waals surface area contributed by atoms with E-state index in [4.69, 9.17) is 4.74 Å². The molecule has 208 valence electrons. The van der Waals surface area contributed by atoms with Crippen LogP contribution in [0.15, 0.2) is 60.2 Å². The minimum atomic E-state index is -4.90. The minimum absolute atomic E-state index is 0.00593. The number of hydrogen-bond donors (Lipinski definition) is 1. The molecule has 0 aliphatic carbocycles. The van der Waals surface area contributed by atoms with Crippen molar-refractivity contribution in [3.8, 4) is 11.5 Å². The largest absolute Gasteiger partial charge is 0.573 e. The number of hydrogen-bond acceptors (Lipinski definition) is 4. The second-order valence-corrected chi connectivity index (χ2v) is 8.24. The Morgan fingerprint density at radius 3 is 2.05 bits per heavy atom. The van der Waals surface area contributed by atoms with Crippen molar-refractivity contribution in [2.45, 2.75) is 44.0 Å². The van der Waals surface area contributed by atoms with Crippen LogP contribution in [0.2, 0.25) is 0 Å². The summed E-state index contributed by atoms with van der Waals surface area (Å²) in [5.74, 6) is -1.09. The normalized spacial score (nSPS) is 16.6. The van der Waals surface area contributed by atoms with Gasteiger partial charge < -0.3 is 19.7 Å². The van der Waals surface area contributed by atoms with Gasteiger partial charge in [0.1, 0.15) is 17.5 Å². The SMILES string of the molecule is O=C(Nc1ccc(OC(F)(F)F)cc1)C1=CCC(C(F)(F)F)N(c2ccc(OCCCC(F)(F)F)cc2)C1. The number of carbonyl (C=O) groups excluding carboxylic acids is 1. The molecule has 5 nitrogen and oxygen atoms in total. The number of anilines is 2. The molecule has 1 aliphatic heterocycles. The molecular formula is C24H21F9N2O3. The molecule has 1 unspecified atom stereocenters. The molecule has 0 aromatic heterocycles. The lowest BCUT2D eigenvalue weighted by Gasteiger charge is -2.38. The second-order valence-electron chi connectivity index (χ2n) is 8.24. The van der Waals surface area contributed by atoms with Crippen LogP contribution in [0.1, 0.15) is 19.3 Å². The Bertz CT molecular complexity index is 1110. The van der Waals surface area contributed by atoms with Crippen LogP contribution < -0.4 is 19.7 Å². The predicted molar refractivity (Wildman–Crippen MR) is 119 cm³/mol. The van der Waals surface area contributed by atoms with E-state index in [0.29, 0.717) is 0 Å². The van der Waals surface area contributed by atoms with E-state index in [1.807, 2.05) is 0 Å². The maximum Gasteiger partial charge on any atom is 0.573 e. The van der Waals surface area contributed by atoms with Crippen molar-refractivity contribution in [2.75, 3.05) is 23.4 Å². The van der Waals surface area contributed by atoms with Gasteiger partial charge in [0.05, 0.1) is 6.61 Å². The van der Waals surface area contributed by atoms with Gasteiger partial charge in [-0.15, -0.1) is 13.2 Å². The monoisotopic (exact) mass is 556 g/mol. The first-order valence-electron chi connectivity index (χ1n) is 11.1. The van der Waals surface area contributed by atoms with Crippen LogP contribution in [0.4, 0.5) is 50.9 Å². The molecule has 0 fully saturated rings. The molecule has 1 amide bonds. The number of alkyl halides is 9. The van der Waals surface area contributed by atoms with Crippen LogP contribution in [0.3, 0.4) is 0 Å². The lowest BCUT2D eigenvalue weighted by molar-refractivity contribution is -0.274. The highest BCUT2D eigenvalue weighted by molar-refractivity contribution is 6.04. The third kappa shape index (κ3) is 8.77. The van der Waals surface area contributed by atoms with Gasteiger partial charge in [-0.25, -0.2) is 0 Å². The fraction of sp³-hybridized carbons (Fsp3) is 0.375. The number of carbonyl (C=O) groups is 1. The molecule has 3 rings (SSSR count). The maximum atomic E-state index is 13.7. The molecule has 2 aromatic carbocycles. The van der Waals surface area contributed by atoms with Gasteiger partial charge >= 0.3 is 18.7 Å². The third-order valence-corrected chi connectivity index (χ3v) is 5.36. The molecular weight excluding hydrogens is 535 g/mol. The molecule has 0 spiro atoms. The second kappa shape index (κ2) is 11.4. The van der Waals surface area contributed by atoms with Gasteiger partial charge in [0.15, 0.2) is 0 Å². The van der Waals surface area contributed by atoms with Gasteiger partial charge in [0.2, 0.25) is 0 Å². The van der Waals surface area contributed by atoms with E-state index >= 15 is 0 Å². The van der Waals surface area contributed by atoms with Crippen LogP contribution in [-0.2, 0) is 4.79 Å². The Morgan fingerprint density at radius 1 is 0.895 bits per heavy atom. The average molecular weight is 556 g/mol. The van der Waals surface area contributed by atoms with Crippen LogP contribution in [0.5, 0.6) is 11.5 Å². The average Bonchev–Trinajstić information content (AvgIpc) is 2.81. The lowest BCUT2D eigenvalue weighted by atomic mass is 10.00. The van der Waals surface area contributed by atoms with Gasteiger partial charge in [0.25, 0.3) is 5.91 Å². The van der Waals surface area contributed by atoms with Gasteiger partial charge in [-0.05, 0) is 61.4 Å². The van der Waals surface area contributed by atoms with Crippen molar-refractivity contribution < 1.29 is 53.8 Å². The van der Waals surface area contributed by atoms with Crippen molar-refractivity contribution in [3.05, 3.63) is 60.2 Å². The van der Waals surface area contributed by atoms with E-state index < -0.39 is 55.8 Å². The Hall–Kier alpha value is -3.58. The fourth-order valence-corrected chi connectivity index (χ4v) is 3.63. The lowest BCUT2D eigenvalue weighted by Crippen LogP contribution is -2.49. The number of nitrogens with zero attached hydrogens (tertiary/aromatic N) is 1. The smallest absolute Gasteiger partial charge is 0.494 e. The topological polar surface area (TPSA) is 50.8 Å². The zero-order valence-electron chi connectivity index (χ0n) is 19.4. The van der Waals surface area contributed by atoms with E-state index in [1.54, 1.807) is 0 Å². The molecule has 1 atom stereocenters. The van der Waals surface area contributed by atoms with Crippen LogP contribution in [0.25, 0.3) is 0 Å². The first-order valence-corrected chi connectivity index (χ1v) is 11.1. The summed E-state index contributed by atoms with van der Waals surface area (Å²) in [6, 6.07) is 7.52. The van der Waals surface area contributed by atoms with E-state index in [9.17, 15) is 44.3 Å². The molecule has 1 aliphatic rings. The maximum absolute atomic E-state index is 13.7. The third-order valence-electron chi connectivity index (χ3n) is 5.36. The summed E-state index contributed by atoms with van der Waals surface area (Å²) in [7, 11) is 0. The van der Waals surface area contributed by atoms with Crippen molar-refractivity contribution in [1.82, 2.24) is 0 Å². The number of benzene rings is 2. The summed E-state index contributed by atoms with van der Waals surface area (Å²) in [5.41, 5.74) is 0.192. The van der Waals surface area contributed by atoms with E-state index in [2.05, 4.69) is 10.1 Å². The van der Waals surface area contributed by atoms with Crippen molar-refractivity contribution in [2.24, 2.45) is 0 Å². The highest BCUT2D eigenvalue weighted by Gasteiger charge is 2.45. The Morgan fingerprint density at radius 2 is 1.50 bits per heavy atom. The molecule has 0 saturated heterocycles. The summed E-state index contributed by atoms with van der Waals surface area (Å²) < 4.78 is 124. The van der Waals surface area contributed by atoms with Crippen LogP contribution in [-0.4, -0.2) is 43.8 Å². The number of ether oxygens (including phenoxy) is 2. The number of amides is 1. The Labute approximate surface area is 210 Å².